The highest BCUT2D eigenvalue weighted by molar-refractivity contribution is 9.09. The second-order valence-electron chi connectivity index (χ2n) is 6.04. The Kier molecular flexibility index (Phi) is 4.91. The van der Waals surface area contributed by atoms with Gasteiger partial charge in [0.1, 0.15) is 0 Å². The zero-order valence-corrected chi connectivity index (χ0v) is 14.3. The molecule has 2 heterocycles. The SMILES string of the molecule is Cc1cc(CN2CCCC2CCCBr)c2ccccc2n1. The molecule has 0 bridgehead atoms. The first-order valence-corrected chi connectivity index (χ1v) is 9.05. The van der Waals surface area contributed by atoms with Crippen LogP contribution in [0.5, 0.6) is 0 Å². The molecule has 0 aliphatic carbocycles. The molecule has 2 aromatic rings. The number of likely N-dealkylation sites (tertiary alicyclic amines) is 1. The summed E-state index contributed by atoms with van der Waals surface area (Å²) in [5, 5.41) is 2.43. The van der Waals surface area contributed by atoms with Gasteiger partial charge in [-0.2, -0.15) is 0 Å². The van der Waals surface area contributed by atoms with E-state index >= 15 is 0 Å². The largest absolute Gasteiger partial charge is 0.296 e. The van der Waals surface area contributed by atoms with Gasteiger partial charge in [-0.3, -0.25) is 9.88 Å². The summed E-state index contributed by atoms with van der Waals surface area (Å²) in [5.74, 6) is 0. The fraction of sp³-hybridized carbons (Fsp3) is 0.500. The summed E-state index contributed by atoms with van der Waals surface area (Å²) < 4.78 is 0. The number of fused-ring (bicyclic) bond motifs is 1. The maximum Gasteiger partial charge on any atom is 0.0708 e. The van der Waals surface area contributed by atoms with Gasteiger partial charge >= 0.3 is 0 Å². The third kappa shape index (κ3) is 3.46. The number of nitrogens with zero attached hydrogens (tertiary/aromatic N) is 2. The summed E-state index contributed by atoms with van der Waals surface area (Å²) >= 11 is 3.56. The van der Waals surface area contributed by atoms with E-state index in [9.17, 15) is 0 Å². The monoisotopic (exact) mass is 346 g/mol. The normalized spacial score (nSPS) is 19.4. The van der Waals surface area contributed by atoms with E-state index in [0.717, 1.165) is 29.1 Å². The molecule has 1 aliphatic heterocycles. The number of benzene rings is 1. The quantitative estimate of drug-likeness (QED) is 0.730. The molecule has 21 heavy (non-hydrogen) atoms. The van der Waals surface area contributed by atoms with E-state index in [0.29, 0.717) is 0 Å². The second kappa shape index (κ2) is 6.89. The molecule has 1 atom stereocenters. The topological polar surface area (TPSA) is 16.1 Å². The van der Waals surface area contributed by atoms with Crippen LogP contribution in [-0.2, 0) is 6.54 Å². The van der Waals surface area contributed by atoms with Crippen LogP contribution in [0.25, 0.3) is 10.9 Å². The summed E-state index contributed by atoms with van der Waals surface area (Å²) in [5.41, 5.74) is 3.69. The van der Waals surface area contributed by atoms with E-state index in [1.807, 2.05) is 0 Å². The number of pyridine rings is 1. The minimum Gasteiger partial charge on any atom is -0.296 e. The highest BCUT2D eigenvalue weighted by Gasteiger charge is 2.24. The van der Waals surface area contributed by atoms with Crippen LogP contribution in [0.4, 0.5) is 0 Å². The highest BCUT2D eigenvalue weighted by atomic mass is 79.9. The molecule has 0 N–H and O–H groups in total. The van der Waals surface area contributed by atoms with Crippen LogP contribution in [0.3, 0.4) is 0 Å². The number of halogens is 1. The van der Waals surface area contributed by atoms with Crippen LogP contribution in [0, 0.1) is 6.92 Å². The first kappa shape index (κ1) is 15.0. The molecular formula is C18H23BrN2. The molecule has 112 valence electrons. The Bertz CT molecular complexity index is 611. The number of alkyl halides is 1. The average Bonchev–Trinajstić information content (AvgIpc) is 2.92. The summed E-state index contributed by atoms with van der Waals surface area (Å²) in [7, 11) is 0. The van der Waals surface area contributed by atoms with Crippen molar-refractivity contribution in [1.29, 1.82) is 0 Å². The number of hydrogen-bond donors (Lipinski definition) is 0. The molecule has 1 aliphatic rings. The Labute approximate surface area is 135 Å². The van der Waals surface area contributed by atoms with Crippen molar-refractivity contribution in [3.63, 3.8) is 0 Å². The molecular weight excluding hydrogens is 324 g/mol. The Morgan fingerprint density at radius 3 is 3.05 bits per heavy atom. The Morgan fingerprint density at radius 2 is 2.19 bits per heavy atom. The second-order valence-corrected chi connectivity index (χ2v) is 6.83. The lowest BCUT2D eigenvalue weighted by Crippen LogP contribution is -2.29. The predicted molar refractivity (Wildman–Crippen MR) is 92.9 cm³/mol. The summed E-state index contributed by atoms with van der Waals surface area (Å²) in [6.45, 7) is 4.40. The van der Waals surface area contributed by atoms with E-state index in [2.05, 4.69) is 63.1 Å². The van der Waals surface area contributed by atoms with Gasteiger partial charge in [-0.1, -0.05) is 34.1 Å². The van der Waals surface area contributed by atoms with Gasteiger partial charge in [0.2, 0.25) is 0 Å². The number of hydrogen-bond acceptors (Lipinski definition) is 2. The van der Waals surface area contributed by atoms with Crippen molar-refractivity contribution in [2.24, 2.45) is 0 Å². The van der Waals surface area contributed by atoms with Crippen LogP contribution in [0.2, 0.25) is 0 Å². The smallest absolute Gasteiger partial charge is 0.0708 e. The zero-order valence-electron chi connectivity index (χ0n) is 12.7. The Hall–Kier alpha value is -0.930. The maximum atomic E-state index is 4.65. The summed E-state index contributed by atoms with van der Waals surface area (Å²) in [6.07, 6.45) is 5.29. The molecule has 3 heteroatoms. The summed E-state index contributed by atoms with van der Waals surface area (Å²) in [6, 6.07) is 11.6. The highest BCUT2D eigenvalue weighted by Crippen LogP contribution is 2.26. The first-order chi connectivity index (χ1) is 10.3. The first-order valence-electron chi connectivity index (χ1n) is 7.93. The molecule has 2 nitrogen and oxygen atoms in total. The van der Waals surface area contributed by atoms with Gasteiger partial charge in [0, 0.05) is 29.0 Å². The molecule has 1 saturated heterocycles. The molecule has 1 aromatic heterocycles. The van der Waals surface area contributed by atoms with Crippen molar-refractivity contribution in [3.8, 4) is 0 Å². The van der Waals surface area contributed by atoms with Crippen LogP contribution in [-0.4, -0.2) is 27.8 Å². The minimum atomic E-state index is 0.759. The molecule has 0 radical (unpaired) electrons. The fourth-order valence-electron chi connectivity index (χ4n) is 3.49. The third-order valence-electron chi connectivity index (χ3n) is 4.47. The fourth-order valence-corrected chi connectivity index (χ4v) is 3.81. The van der Waals surface area contributed by atoms with Gasteiger partial charge in [0.15, 0.2) is 0 Å². The van der Waals surface area contributed by atoms with Crippen LogP contribution in [0.1, 0.15) is 36.9 Å². The van der Waals surface area contributed by atoms with Crippen LogP contribution in [0.15, 0.2) is 30.3 Å². The standard InChI is InChI=1S/C18H23BrN2/c1-14-12-15(17-8-2-3-9-18(17)20-14)13-21-11-5-7-16(21)6-4-10-19/h2-3,8-9,12,16H,4-7,10-11,13H2,1H3. The summed E-state index contributed by atoms with van der Waals surface area (Å²) in [4.78, 5) is 7.33. The Morgan fingerprint density at radius 1 is 1.33 bits per heavy atom. The third-order valence-corrected chi connectivity index (χ3v) is 5.03. The van der Waals surface area contributed by atoms with Gasteiger partial charge in [0.25, 0.3) is 0 Å². The Balaban J connectivity index is 1.84. The molecule has 1 aromatic carbocycles. The molecule has 3 rings (SSSR count). The van der Waals surface area contributed by atoms with Crippen molar-refractivity contribution >= 4 is 26.8 Å². The van der Waals surface area contributed by atoms with Crippen molar-refractivity contribution in [2.75, 3.05) is 11.9 Å². The molecule has 0 spiro atoms. The molecule has 1 unspecified atom stereocenters. The number of aryl methyl sites for hydroxylation is 1. The van der Waals surface area contributed by atoms with Gasteiger partial charge in [0.05, 0.1) is 5.52 Å². The van der Waals surface area contributed by atoms with Crippen molar-refractivity contribution in [1.82, 2.24) is 9.88 Å². The van der Waals surface area contributed by atoms with Crippen molar-refractivity contribution < 1.29 is 0 Å². The number of para-hydroxylation sites is 1. The zero-order chi connectivity index (χ0) is 14.7. The predicted octanol–water partition coefficient (Wildman–Crippen LogP) is 4.68. The molecule has 1 fully saturated rings. The lowest BCUT2D eigenvalue weighted by molar-refractivity contribution is 0.234. The van der Waals surface area contributed by atoms with E-state index in [1.54, 1.807) is 0 Å². The lowest BCUT2D eigenvalue weighted by Gasteiger charge is -2.25. The lowest BCUT2D eigenvalue weighted by atomic mass is 10.1. The van der Waals surface area contributed by atoms with Gasteiger partial charge in [-0.25, -0.2) is 0 Å². The number of rotatable bonds is 5. The van der Waals surface area contributed by atoms with Gasteiger partial charge < -0.3 is 0 Å². The average molecular weight is 347 g/mol. The van der Waals surface area contributed by atoms with Crippen LogP contribution < -0.4 is 0 Å². The molecule has 0 amide bonds. The minimum absolute atomic E-state index is 0.759. The van der Waals surface area contributed by atoms with E-state index in [1.165, 1.54) is 43.2 Å². The van der Waals surface area contributed by atoms with Crippen molar-refractivity contribution in [3.05, 3.63) is 41.6 Å². The van der Waals surface area contributed by atoms with Crippen molar-refractivity contribution in [2.45, 2.75) is 45.2 Å². The van der Waals surface area contributed by atoms with E-state index < -0.39 is 0 Å². The van der Waals surface area contributed by atoms with E-state index in [4.69, 9.17) is 0 Å². The maximum absolute atomic E-state index is 4.65. The van der Waals surface area contributed by atoms with E-state index in [-0.39, 0.29) is 0 Å². The van der Waals surface area contributed by atoms with Gasteiger partial charge in [-0.15, -0.1) is 0 Å². The van der Waals surface area contributed by atoms with Gasteiger partial charge in [-0.05, 0) is 56.8 Å². The number of aromatic nitrogens is 1. The van der Waals surface area contributed by atoms with Crippen LogP contribution >= 0.6 is 15.9 Å². The molecule has 0 saturated carbocycles.